The van der Waals surface area contributed by atoms with Gasteiger partial charge < -0.3 is 14.5 Å². The van der Waals surface area contributed by atoms with Gasteiger partial charge in [0.2, 0.25) is 0 Å². The molecule has 0 spiro atoms. The molecule has 1 aromatic heterocycles. The number of hydrogen-bond acceptors (Lipinski definition) is 3. The standard InChI is InChI=1S/C30H19BO3/c32-31(33)19-16-26(30-25-11-5-6-12-28(25)34-29(30)17-19)18-13-14-24-22-9-2-1-7-20(22)21-8-3-4-10-23(21)27(24)15-18/h1-17,32-33H. The number of para-hydroxylation sites is 1. The van der Waals surface area contributed by atoms with Crippen LogP contribution in [-0.2, 0) is 0 Å². The van der Waals surface area contributed by atoms with Crippen LogP contribution in [0.3, 0.4) is 0 Å². The van der Waals surface area contributed by atoms with E-state index in [4.69, 9.17) is 4.42 Å². The summed E-state index contributed by atoms with van der Waals surface area (Å²) in [6.07, 6.45) is 0. The molecule has 0 saturated heterocycles. The van der Waals surface area contributed by atoms with E-state index in [1.807, 2.05) is 30.3 Å². The Labute approximate surface area is 195 Å². The number of fused-ring (bicyclic) bond motifs is 9. The molecule has 160 valence electrons. The van der Waals surface area contributed by atoms with Crippen molar-refractivity contribution < 1.29 is 14.5 Å². The minimum Gasteiger partial charge on any atom is -0.456 e. The minimum atomic E-state index is -1.58. The van der Waals surface area contributed by atoms with Crippen molar-refractivity contribution in [1.29, 1.82) is 0 Å². The maximum absolute atomic E-state index is 9.97. The smallest absolute Gasteiger partial charge is 0.456 e. The van der Waals surface area contributed by atoms with E-state index in [2.05, 4.69) is 66.7 Å². The monoisotopic (exact) mass is 438 g/mol. The molecule has 0 aliphatic heterocycles. The van der Waals surface area contributed by atoms with Gasteiger partial charge in [-0.05, 0) is 67.1 Å². The molecule has 0 fully saturated rings. The van der Waals surface area contributed by atoms with Crippen molar-refractivity contribution in [3.8, 4) is 11.1 Å². The van der Waals surface area contributed by atoms with Crippen LogP contribution in [-0.4, -0.2) is 17.2 Å². The van der Waals surface area contributed by atoms with Crippen molar-refractivity contribution in [3.05, 3.63) is 103 Å². The van der Waals surface area contributed by atoms with E-state index >= 15 is 0 Å². The Morgan fingerprint density at radius 3 is 1.71 bits per heavy atom. The Balaban J connectivity index is 1.62. The van der Waals surface area contributed by atoms with Crippen LogP contribution < -0.4 is 5.46 Å². The van der Waals surface area contributed by atoms with E-state index in [1.54, 1.807) is 6.07 Å². The molecule has 2 N–H and O–H groups in total. The third-order valence-corrected chi connectivity index (χ3v) is 6.85. The Morgan fingerprint density at radius 2 is 1.06 bits per heavy atom. The number of rotatable bonds is 2. The average Bonchev–Trinajstić information content (AvgIpc) is 3.26. The first-order valence-corrected chi connectivity index (χ1v) is 11.3. The van der Waals surface area contributed by atoms with Gasteiger partial charge in [0.05, 0.1) is 0 Å². The summed E-state index contributed by atoms with van der Waals surface area (Å²) in [6.45, 7) is 0. The zero-order chi connectivity index (χ0) is 22.8. The van der Waals surface area contributed by atoms with E-state index in [9.17, 15) is 10.0 Å². The normalized spacial score (nSPS) is 11.8. The molecule has 0 aliphatic carbocycles. The van der Waals surface area contributed by atoms with Crippen molar-refractivity contribution in [3.63, 3.8) is 0 Å². The minimum absolute atomic E-state index is 0.407. The lowest BCUT2D eigenvalue weighted by atomic mass is 9.78. The lowest BCUT2D eigenvalue weighted by Crippen LogP contribution is -2.29. The number of hydrogen-bond donors (Lipinski definition) is 2. The highest BCUT2D eigenvalue weighted by atomic mass is 16.4. The molecule has 34 heavy (non-hydrogen) atoms. The van der Waals surface area contributed by atoms with Crippen LogP contribution in [0.5, 0.6) is 0 Å². The zero-order valence-electron chi connectivity index (χ0n) is 18.2. The first-order valence-electron chi connectivity index (χ1n) is 11.3. The fourth-order valence-corrected chi connectivity index (χ4v) is 5.33. The second-order valence-electron chi connectivity index (χ2n) is 8.77. The first-order chi connectivity index (χ1) is 16.7. The quantitative estimate of drug-likeness (QED) is 0.243. The molecule has 0 saturated carbocycles. The van der Waals surface area contributed by atoms with Crippen molar-refractivity contribution in [2.45, 2.75) is 0 Å². The van der Waals surface area contributed by atoms with Gasteiger partial charge in [0.15, 0.2) is 0 Å². The SMILES string of the molecule is OB(O)c1cc(-c2ccc3c4ccccc4c4ccccc4c3c2)c2c(c1)oc1ccccc12. The van der Waals surface area contributed by atoms with Gasteiger partial charge in [-0.3, -0.25) is 0 Å². The highest BCUT2D eigenvalue weighted by Crippen LogP contribution is 2.40. The van der Waals surface area contributed by atoms with Crippen LogP contribution in [0, 0.1) is 0 Å². The third kappa shape index (κ3) is 2.73. The largest absolute Gasteiger partial charge is 0.488 e. The summed E-state index contributed by atoms with van der Waals surface area (Å²) in [6, 6.07) is 35.0. The van der Waals surface area contributed by atoms with Crippen molar-refractivity contribution >= 4 is 66.8 Å². The van der Waals surface area contributed by atoms with E-state index in [0.29, 0.717) is 11.0 Å². The van der Waals surface area contributed by atoms with Crippen LogP contribution >= 0.6 is 0 Å². The molecule has 3 nitrogen and oxygen atoms in total. The summed E-state index contributed by atoms with van der Waals surface area (Å²) in [7, 11) is -1.58. The molecule has 0 unspecified atom stereocenters. The molecule has 7 aromatic rings. The molecule has 7 rings (SSSR count). The van der Waals surface area contributed by atoms with Crippen molar-refractivity contribution in [2.24, 2.45) is 0 Å². The summed E-state index contributed by atoms with van der Waals surface area (Å²) < 4.78 is 6.10. The van der Waals surface area contributed by atoms with Gasteiger partial charge in [0.25, 0.3) is 0 Å². The molecule has 4 heteroatoms. The van der Waals surface area contributed by atoms with Crippen molar-refractivity contribution in [1.82, 2.24) is 0 Å². The van der Waals surface area contributed by atoms with E-state index in [0.717, 1.165) is 27.5 Å². The first kappa shape index (κ1) is 19.4. The van der Waals surface area contributed by atoms with Gasteiger partial charge in [-0.1, -0.05) is 84.9 Å². The fraction of sp³-hybridized carbons (Fsp3) is 0. The highest BCUT2D eigenvalue weighted by molar-refractivity contribution is 6.59. The van der Waals surface area contributed by atoms with Gasteiger partial charge in [0, 0.05) is 10.8 Å². The predicted octanol–water partition coefficient (Wildman–Crippen LogP) is 6.39. The molecule has 6 aromatic carbocycles. The van der Waals surface area contributed by atoms with E-state index in [-0.39, 0.29) is 0 Å². The molecule has 0 amide bonds. The van der Waals surface area contributed by atoms with E-state index in [1.165, 1.54) is 32.3 Å². The van der Waals surface area contributed by atoms with Crippen LogP contribution in [0.1, 0.15) is 0 Å². The number of benzene rings is 6. The van der Waals surface area contributed by atoms with Gasteiger partial charge in [-0.15, -0.1) is 0 Å². The van der Waals surface area contributed by atoms with Crippen LogP contribution in [0.4, 0.5) is 0 Å². The molecular formula is C30H19BO3. The van der Waals surface area contributed by atoms with Crippen LogP contribution in [0.2, 0.25) is 0 Å². The lowest BCUT2D eigenvalue weighted by Gasteiger charge is -2.13. The molecule has 0 bridgehead atoms. The Kier molecular flexibility index (Phi) is 4.10. The second kappa shape index (κ2) is 7.19. The Hall–Kier alpha value is -4.12. The Bertz CT molecular complexity index is 1860. The van der Waals surface area contributed by atoms with E-state index < -0.39 is 7.12 Å². The maximum atomic E-state index is 9.97. The third-order valence-electron chi connectivity index (χ3n) is 6.85. The van der Waals surface area contributed by atoms with Crippen LogP contribution in [0.25, 0.3) is 65.4 Å². The summed E-state index contributed by atoms with van der Waals surface area (Å²) in [4.78, 5) is 0. The summed E-state index contributed by atoms with van der Waals surface area (Å²) in [5.41, 5.74) is 3.76. The summed E-state index contributed by atoms with van der Waals surface area (Å²) in [5, 5.41) is 29.2. The predicted molar refractivity (Wildman–Crippen MR) is 141 cm³/mol. The fourth-order valence-electron chi connectivity index (χ4n) is 5.33. The van der Waals surface area contributed by atoms with Crippen molar-refractivity contribution in [2.75, 3.05) is 0 Å². The molecule has 0 atom stereocenters. The summed E-state index contributed by atoms with van der Waals surface area (Å²) in [5.74, 6) is 0. The molecule has 1 heterocycles. The number of furan rings is 1. The van der Waals surface area contributed by atoms with Gasteiger partial charge in [-0.2, -0.15) is 0 Å². The molecule has 0 aliphatic rings. The second-order valence-corrected chi connectivity index (χ2v) is 8.77. The van der Waals surface area contributed by atoms with Gasteiger partial charge in [0.1, 0.15) is 11.2 Å². The summed E-state index contributed by atoms with van der Waals surface area (Å²) >= 11 is 0. The average molecular weight is 438 g/mol. The zero-order valence-corrected chi connectivity index (χ0v) is 18.2. The highest BCUT2D eigenvalue weighted by Gasteiger charge is 2.20. The topological polar surface area (TPSA) is 53.6 Å². The lowest BCUT2D eigenvalue weighted by molar-refractivity contribution is 0.425. The molecular weight excluding hydrogens is 419 g/mol. The van der Waals surface area contributed by atoms with Gasteiger partial charge in [-0.25, -0.2) is 0 Å². The Morgan fingerprint density at radius 1 is 0.500 bits per heavy atom. The molecule has 0 radical (unpaired) electrons. The van der Waals surface area contributed by atoms with Crippen LogP contribution in [0.15, 0.2) is 108 Å². The maximum Gasteiger partial charge on any atom is 0.488 e. The van der Waals surface area contributed by atoms with Gasteiger partial charge >= 0.3 is 7.12 Å².